The normalized spacial score (nSPS) is 20.1. The molecule has 2 atom stereocenters. The molecule has 0 spiro atoms. The lowest BCUT2D eigenvalue weighted by Gasteiger charge is -2.19. The highest BCUT2D eigenvalue weighted by Crippen LogP contribution is 2.36. The van der Waals surface area contributed by atoms with E-state index in [1.807, 2.05) is 24.3 Å². The lowest BCUT2D eigenvalue weighted by atomic mass is 10.1. The van der Waals surface area contributed by atoms with Crippen molar-refractivity contribution in [3.63, 3.8) is 0 Å². The number of aryl methyl sites for hydroxylation is 1. The Morgan fingerprint density at radius 2 is 1.77 bits per heavy atom. The third kappa shape index (κ3) is 4.66. The fourth-order valence-corrected chi connectivity index (χ4v) is 5.43. The van der Waals surface area contributed by atoms with E-state index in [2.05, 4.69) is 22.4 Å². The van der Waals surface area contributed by atoms with Crippen LogP contribution in [0, 0.1) is 11.7 Å². The van der Waals surface area contributed by atoms with E-state index in [1.54, 1.807) is 4.90 Å². The first-order chi connectivity index (χ1) is 16.9. The molecule has 2 saturated heterocycles. The number of nitrogens with one attached hydrogen (secondary N) is 1. The van der Waals surface area contributed by atoms with Gasteiger partial charge in [-0.3, -0.25) is 14.4 Å². The minimum absolute atomic E-state index is 0.0436. The molecule has 35 heavy (non-hydrogen) atoms. The molecular weight excluding hydrogens is 469 g/mol. The van der Waals surface area contributed by atoms with Crippen LogP contribution in [0.15, 0.2) is 48.5 Å². The number of rotatable bonds is 6. The summed E-state index contributed by atoms with van der Waals surface area (Å²) in [6.07, 6.45) is 1.24. The maximum absolute atomic E-state index is 13.2. The van der Waals surface area contributed by atoms with Gasteiger partial charge in [-0.25, -0.2) is 4.39 Å². The number of aromatic nitrogens is 2. The Morgan fingerprint density at radius 3 is 2.54 bits per heavy atom. The molecule has 0 saturated carbocycles. The molecule has 0 radical (unpaired) electrons. The highest BCUT2D eigenvalue weighted by atomic mass is 32.1. The van der Waals surface area contributed by atoms with Gasteiger partial charge in [0.15, 0.2) is 0 Å². The zero-order chi connectivity index (χ0) is 24.5. The first kappa shape index (κ1) is 23.1. The smallest absolute Gasteiger partial charge is 0.231 e. The van der Waals surface area contributed by atoms with Gasteiger partial charge >= 0.3 is 0 Å². The summed E-state index contributed by atoms with van der Waals surface area (Å²) in [4.78, 5) is 41.3. The summed E-state index contributed by atoms with van der Waals surface area (Å²) in [5.41, 5.74) is 2.61. The molecule has 2 unspecified atom stereocenters. The van der Waals surface area contributed by atoms with E-state index in [1.165, 1.54) is 40.5 Å². The second-order valence-electron chi connectivity index (χ2n) is 8.70. The van der Waals surface area contributed by atoms with Crippen LogP contribution in [-0.2, 0) is 20.8 Å². The molecule has 0 aliphatic carbocycles. The Balaban J connectivity index is 1.22. The molecule has 2 aliphatic heterocycles. The standard InChI is InChI=1S/C25H24FN5O3S/c1-2-15-5-3-4-6-20(15)31-14-17(12-22(31)33)24-28-29-25(35-24)27-23(34)16-11-21(32)30(13-16)19-9-7-18(26)8-10-19/h3-10,16-17H,2,11-14H2,1H3,(H,27,29,34). The van der Waals surface area contributed by atoms with Crippen molar-refractivity contribution in [2.24, 2.45) is 5.92 Å². The summed E-state index contributed by atoms with van der Waals surface area (Å²) in [6.45, 7) is 2.79. The van der Waals surface area contributed by atoms with Crippen LogP contribution in [0.4, 0.5) is 20.9 Å². The van der Waals surface area contributed by atoms with Crippen LogP contribution in [0.5, 0.6) is 0 Å². The number of anilines is 3. The first-order valence-corrected chi connectivity index (χ1v) is 12.3. The predicted octanol–water partition coefficient (Wildman–Crippen LogP) is 3.75. The summed E-state index contributed by atoms with van der Waals surface area (Å²) in [7, 11) is 0. The number of carbonyl (C=O) groups is 3. The number of benzene rings is 2. The Morgan fingerprint density at radius 1 is 1.03 bits per heavy atom. The van der Waals surface area contributed by atoms with Crippen molar-refractivity contribution < 1.29 is 18.8 Å². The molecule has 10 heteroatoms. The molecule has 1 N–H and O–H groups in total. The van der Waals surface area contributed by atoms with Crippen molar-refractivity contribution in [1.29, 1.82) is 0 Å². The topological polar surface area (TPSA) is 95.5 Å². The minimum Gasteiger partial charge on any atom is -0.312 e. The molecule has 8 nitrogen and oxygen atoms in total. The van der Waals surface area contributed by atoms with Gasteiger partial charge in [0.05, 0.1) is 5.92 Å². The number of amides is 3. The van der Waals surface area contributed by atoms with E-state index in [-0.39, 0.29) is 42.4 Å². The van der Waals surface area contributed by atoms with Gasteiger partial charge in [-0.1, -0.05) is 36.5 Å². The lowest BCUT2D eigenvalue weighted by Crippen LogP contribution is -2.28. The molecule has 5 rings (SSSR count). The van der Waals surface area contributed by atoms with Gasteiger partial charge in [-0.2, -0.15) is 0 Å². The Bertz CT molecular complexity index is 1280. The molecule has 3 amide bonds. The quantitative estimate of drug-likeness (QED) is 0.564. The average molecular weight is 494 g/mol. The largest absolute Gasteiger partial charge is 0.312 e. The van der Waals surface area contributed by atoms with Crippen LogP contribution in [-0.4, -0.2) is 41.0 Å². The highest BCUT2D eigenvalue weighted by Gasteiger charge is 2.37. The van der Waals surface area contributed by atoms with E-state index < -0.39 is 5.92 Å². The third-order valence-corrected chi connectivity index (χ3v) is 7.44. The second kappa shape index (κ2) is 9.53. The molecule has 2 aromatic carbocycles. The van der Waals surface area contributed by atoms with Crippen LogP contribution in [0.2, 0.25) is 0 Å². The third-order valence-electron chi connectivity index (χ3n) is 6.44. The number of para-hydroxylation sites is 1. The van der Waals surface area contributed by atoms with Crippen LogP contribution >= 0.6 is 11.3 Å². The highest BCUT2D eigenvalue weighted by molar-refractivity contribution is 7.15. The number of hydrogen-bond donors (Lipinski definition) is 1. The van der Waals surface area contributed by atoms with Crippen molar-refractivity contribution in [3.8, 4) is 0 Å². The molecular formula is C25H24FN5O3S. The number of nitrogens with zero attached hydrogens (tertiary/aromatic N) is 4. The molecule has 2 fully saturated rings. The van der Waals surface area contributed by atoms with E-state index >= 15 is 0 Å². The van der Waals surface area contributed by atoms with E-state index in [0.717, 1.165) is 17.7 Å². The maximum Gasteiger partial charge on any atom is 0.231 e. The van der Waals surface area contributed by atoms with Crippen LogP contribution in [0.3, 0.4) is 0 Å². The average Bonchev–Trinajstić information content (AvgIpc) is 3.58. The summed E-state index contributed by atoms with van der Waals surface area (Å²) in [6, 6.07) is 13.5. The first-order valence-electron chi connectivity index (χ1n) is 11.5. The van der Waals surface area contributed by atoms with Crippen molar-refractivity contribution in [2.45, 2.75) is 32.1 Å². The summed E-state index contributed by atoms with van der Waals surface area (Å²) in [5, 5.41) is 12.1. The van der Waals surface area contributed by atoms with Crippen molar-refractivity contribution in [2.75, 3.05) is 28.2 Å². The predicted molar refractivity (Wildman–Crippen MR) is 131 cm³/mol. The maximum atomic E-state index is 13.2. The molecule has 3 aromatic rings. The van der Waals surface area contributed by atoms with Gasteiger partial charge in [0.1, 0.15) is 10.8 Å². The van der Waals surface area contributed by atoms with Crippen LogP contribution in [0.25, 0.3) is 0 Å². The second-order valence-corrected chi connectivity index (χ2v) is 9.71. The van der Waals surface area contributed by atoms with Crippen LogP contribution < -0.4 is 15.1 Å². The van der Waals surface area contributed by atoms with E-state index in [0.29, 0.717) is 28.8 Å². The Hall–Kier alpha value is -3.66. The van der Waals surface area contributed by atoms with Crippen molar-refractivity contribution in [1.82, 2.24) is 10.2 Å². The lowest BCUT2D eigenvalue weighted by molar-refractivity contribution is -0.122. The Kier molecular flexibility index (Phi) is 6.29. The molecule has 2 aliphatic rings. The SMILES string of the molecule is CCc1ccccc1N1CC(c2nnc(NC(=O)C3CC(=O)N(c4ccc(F)cc4)C3)s2)CC1=O. The van der Waals surface area contributed by atoms with E-state index in [9.17, 15) is 18.8 Å². The Labute approximate surface area is 205 Å². The molecule has 3 heterocycles. The van der Waals surface area contributed by atoms with Gasteiger partial charge in [0, 0.05) is 43.2 Å². The van der Waals surface area contributed by atoms with Gasteiger partial charge in [0.2, 0.25) is 22.9 Å². The van der Waals surface area contributed by atoms with Gasteiger partial charge < -0.3 is 15.1 Å². The molecule has 1 aromatic heterocycles. The monoisotopic (exact) mass is 493 g/mol. The molecule has 180 valence electrons. The van der Waals surface area contributed by atoms with E-state index in [4.69, 9.17) is 0 Å². The van der Waals surface area contributed by atoms with Crippen molar-refractivity contribution in [3.05, 3.63) is 64.9 Å². The zero-order valence-electron chi connectivity index (χ0n) is 19.1. The number of hydrogen-bond acceptors (Lipinski definition) is 6. The van der Waals surface area contributed by atoms with Gasteiger partial charge in [-0.15, -0.1) is 10.2 Å². The number of halogens is 1. The molecule has 0 bridgehead atoms. The van der Waals surface area contributed by atoms with Crippen LogP contribution in [0.1, 0.15) is 36.3 Å². The fourth-order valence-electron chi connectivity index (χ4n) is 4.59. The van der Waals surface area contributed by atoms with Crippen molar-refractivity contribution >= 4 is 45.6 Å². The van der Waals surface area contributed by atoms with Gasteiger partial charge in [-0.05, 0) is 42.3 Å². The summed E-state index contributed by atoms with van der Waals surface area (Å²) in [5.74, 6) is -1.49. The van der Waals surface area contributed by atoms with Gasteiger partial charge in [0.25, 0.3) is 0 Å². The minimum atomic E-state index is -0.547. The fraction of sp³-hybridized carbons (Fsp3) is 0.320. The number of carbonyl (C=O) groups excluding carboxylic acids is 3. The zero-order valence-corrected chi connectivity index (χ0v) is 19.9. The summed E-state index contributed by atoms with van der Waals surface area (Å²) >= 11 is 1.25. The summed E-state index contributed by atoms with van der Waals surface area (Å²) < 4.78 is 13.2.